The standard InChI is InChI=1S/C20H23BO5/c1-19(2)20(3,4)26-21(25-19)17(12-22)10-13-5-6-15-11-16(18(23)24)8-7-14(15)9-13/h5-11,22H,12H2,1-4H3,(H,23,24). The summed E-state index contributed by atoms with van der Waals surface area (Å²) in [4.78, 5) is 11.1. The second-order valence-electron chi connectivity index (χ2n) is 7.59. The molecule has 0 unspecified atom stereocenters. The maximum atomic E-state index is 11.1. The van der Waals surface area contributed by atoms with Crippen molar-refractivity contribution in [2.75, 3.05) is 6.61 Å². The third-order valence-electron chi connectivity index (χ3n) is 5.20. The molecule has 0 spiro atoms. The highest BCUT2D eigenvalue weighted by Gasteiger charge is 2.52. The molecule has 26 heavy (non-hydrogen) atoms. The van der Waals surface area contributed by atoms with E-state index < -0.39 is 24.3 Å². The molecule has 6 heteroatoms. The molecule has 2 N–H and O–H groups in total. The molecular formula is C20H23BO5. The van der Waals surface area contributed by atoms with Crippen molar-refractivity contribution in [3.63, 3.8) is 0 Å². The van der Waals surface area contributed by atoms with Gasteiger partial charge in [-0.25, -0.2) is 4.79 Å². The van der Waals surface area contributed by atoms with Gasteiger partial charge in [-0.2, -0.15) is 0 Å². The lowest BCUT2D eigenvalue weighted by molar-refractivity contribution is 0.00578. The Morgan fingerprint density at radius 2 is 1.62 bits per heavy atom. The fourth-order valence-electron chi connectivity index (χ4n) is 2.88. The Hall–Kier alpha value is -2.15. The molecule has 136 valence electrons. The van der Waals surface area contributed by atoms with Crippen LogP contribution in [-0.2, 0) is 9.31 Å². The predicted octanol–water partition coefficient (Wildman–Crippen LogP) is 3.55. The van der Waals surface area contributed by atoms with E-state index in [1.54, 1.807) is 18.2 Å². The number of aliphatic hydroxyl groups excluding tert-OH is 1. The number of aromatic carboxylic acids is 1. The second kappa shape index (κ2) is 6.54. The normalized spacial score (nSPS) is 19.1. The van der Waals surface area contributed by atoms with Crippen molar-refractivity contribution < 1.29 is 24.3 Å². The summed E-state index contributed by atoms with van der Waals surface area (Å²) in [6.07, 6.45) is 1.85. The van der Waals surface area contributed by atoms with Gasteiger partial charge in [0.25, 0.3) is 0 Å². The highest BCUT2D eigenvalue weighted by atomic mass is 16.7. The van der Waals surface area contributed by atoms with Crippen molar-refractivity contribution in [1.82, 2.24) is 0 Å². The van der Waals surface area contributed by atoms with E-state index >= 15 is 0 Å². The van der Waals surface area contributed by atoms with Gasteiger partial charge in [-0.3, -0.25) is 0 Å². The largest absolute Gasteiger partial charge is 0.492 e. The maximum absolute atomic E-state index is 11.1. The Morgan fingerprint density at radius 3 is 2.19 bits per heavy atom. The smallest absolute Gasteiger partial charge is 0.478 e. The summed E-state index contributed by atoms with van der Waals surface area (Å²) in [7, 11) is -0.602. The van der Waals surface area contributed by atoms with E-state index in [0.29, 0.717) is 5.47 Å². The average Bonchev–Trinajstić information content (AvgIpc) is 2.79. The van der Waals surface area contributed by atoms with E-state index in [1.807, 2.05) is 52.0 Å². The first kappa shape index (κ1) is 18.6. The molecule has 1 heterocycles. The van der Waals surface area contributed by atoms with Crippen LogP contribution >= 0.6 is 0 Å². The van der Waals surface area contributed by atoms with E-state index in [9.17, 15) is 9.90 Å². The SMILES string of the molecule is CC1(C)OB(C(=Cc2ccc3cc(C(=O)O)ccc3c2)CO)OC1(C)C. The Kier molecular flexibility index (Phi) is 4.69. The van der Waals surface area contributed by atoms with Crippen molar-refractivity contribution in [3.05, 3.63) is 53.0 Å². The van der Waals surface area contributed by atoms with Gasteiger partial charge in [0.1, 0.15) is 0 Å². The van der Waals surface area contributed by atoms with Crippen LogP contribution in [0.4, 0.5) is 0 Å². The van der Waals surface area contributed by atoms with Crippen LogP contribution in [0.1, 0.15) is 43.6 Å². The fraction of sp³-hybridized carbons (Fsp3) is 0.350. The maximum Gasteiger partial charge on any atom is 0.492 e. The van der Waals surface area contributed by atoms with E-state index in [4.69, 9.17) is 14.4 Å². The van der Waals surface area contributed by atoms with Crippen molar-refractivity contribution in [3.8, 4) is 0 Å². The molecule has 0 saturated carbocycles. The molecular weight excluding hydrogens is 331 g/mol. The molecule has 0 radical (unpaired) electrons. The zero-order valence-electron chi connectivity index (χ0n) is 15.4. The van der Waals surface area contributed by atoms with E-state index in [0.717, 1.165) is 16.3 Å². The molecule has 1 fully saturated rings. The quantitative estimate of drug-likeness (QED) is 0.822. The first-order valence-electron chi connectivity index (χ1n) is 8.57. The van der Waals surface area contributed by atoms with Crippen molar-refractivity contribution in [2.45, 2.75) is 38.9 Å². The molecule has 0 atom stereocenters. The summed E-state index contributed by atoms with van der Waals surface area (Å²) < 4.78 is 12.0. The zero-order valence-corrected chi connectivity index (χ0v) is 15.4. The van der Waals surface area contributed by atoms with Crippen molar-refractivity contribution in [1.29, 1.82) is 0 Å². The molecule has 0 amide bonds. The Bertz CT molecular complexity index is 869. The number of carboxylic acids is 1. The van der Waals surface area contributed by atoms with E-state index in [1.165, 1.54) is 0 Å². The lowest BCUT2D eigenvalue weighted by Crippen LogP contribution is -2.41. The summed E-state index contributed by atoms with van der Waals surface area (Å²) in [5, 5.41) is 20.7. The number of carboxylic acid groups (broad SMARTS) is 1. The number of benzene rings is 2. The Balaban J connectivity index is 1.92. The molecule has 1 aliphatic rings. The number of fused-ring (bicyclic) bond motifs is 1. The van der Waals surface area contributed by atoms with Gasteiger partial charge in [0.15, 0.2) is 0 Å². The molecule has 2 aromatic carbocycles. The monoisotopic (exact) mass is 354 g/mol. The van der Waals surface area contributed by atoms with Crippen LogP contribution in [-0.4, -0.2) is 41.1 Å². The van der Waals surface area contributed by atoms with Gasteiger partial charge in [-0.1, -0.05) is 24.3 Å². The van der Waals surface area contributed by atoms with Crippen molar-refractivity contribution >= 4 is 29.9 Å². The third kappa shape index (κ3) is 3.40. The summed E-state index contributed by atoms with van der Waals surface area (Å²) in [6.45, 7) is 7.71. The van der Waals surface area contributed by atoms with Gasteiger partial charge in [0, 0.05) is 0 Å². The Labute approximate surface area is 153 Å². The number of aliphatic hydroxyl groups is 1. The molecule has 1 saturated heterocycles. The minimum absolute atomic E-state index is 0.174. The van der Waals surface area contributed by atoms with Gasteiger partial charge in [-0.15, -0.1) is 0 Å². The molecule has 3 rings (SSSR count). The third-order valence-corrected chi connectivity index (χ3v) is 5.20. The first-order valence-corrected chi connectivity index (χ1v) is 8.57. The highest BCUT2D eigenvalue weighted by molar-refractivity contribution is 6.55. The number of carbonyl (C=O) groups is 1. The van der Waals surface area contributed by atoms with Gasteiger partial charge >= 0.3 is 13.1 Å². The Morgan fingerprint density at radius 1 is 1.04 bits per heavy atom. The van der Waals surface area contributed by atoms with Gasteiger partial charge in [-0.05, 0) is 67.7 Å². The van der Waals surface area contributed by atoms with Crippen LogP contribution in [0.25, 0.3) is 16.8 Å². The summed E-state index contributed by atoms with van der Waals surface area (Å²) in [5.74, 6) is -0.945. The van der Waals surface area contributed by atoms with Gasteiger partial charge in [0.05, 0.1) is 23.4 Å². The van der Waals surface area contributed by atoms with Crippen LogP contribution in [0.5, 0.6) is 0 Å². The van der Waals surface area contributed by atoms with Gasteiger partial charge < -0.3 is 19.5 Å². The lowest BCUT2D eigenvalue weighted by atomic mass is 9.77. The summed E-state index contributed by atoms with van der Waals surface area (Å²) in [6, 6.07) is 10.7. The molecule has 0 aliphatic carbocycles. The number of hydrogen-bond acceptors (Lipinski definition) is 4. The molecule has 0 aromatic heterocycles. The van der Waals surface area contributed by atoms with Crippen LogP contribution in [0, 0.1) is 0 Å². The average molecular weight is 354 g/mol. The van der Waals surface area contributed by atoms with Crippen LogP contribution in [0.2, 0.25) is 0 Å². The zero-order chi connectivity index (χ0) is 19.1. The summed E-state index contributed by atoms with van der Waals surface area (Å²) in [5.41, 5.74) is 0.851. The highest BCUT2D eigenvalue weighted by Crippen LogP contribution is 2.38. The predicted molar refractivity (Wildman–Crippen MR) is 102 cm³/mol. The number of hydrogen-bond donors (Lipinski definition) is 2. The van der Waals surface area contributed by atoms with Crippen LogP contribution in [0.15, 0.2) is 41.9 Å². The van der Waals surface area contributed by atoms with Gasteiger partial charge in [0.2, 0.25) is 0 Å². The first-order chi connectivity index (χ1) is 12.1. The number of rotatable bonds is 4. The summed E-state index contributed by atoms with van der Waals surface area (Å²) >= 11 is 0. The molecule has 5 nitrogen and oxygen atoms in total. The topological polar surface area (TPSA) is 76.0 Å². The second-order valence-corrected chi connectivity index (χ2v) is 7.59. The fourth-order valence-corrected chi connectivity index (χ4v) is 2.88. The van der Waals surface area contributed by atoms with Crippen LogP contribution in [0.3, 0.4) is 0 Å². The molecule has 0 bridgehead atoms. The van der Waals surface area contributed by atoms with Crippen molar-refractivity contribution in [2.24, 2.45) is 0 Å². The van der Waals surface area contributed by atoms with E-state index in [-0.39, 0.29) is 12.2 Å². The van der Waals surface area contributed by atoms with E-state index in [2.05, 4.69) is 0 Å². The minimum Gasteiger partial charge on any atom is -0.478 e. The molecule has 1 aliphatic heterocycles. The van der Waals surface area contributed by atoms with Crippen LogP contribution < -0.4 is 0 Å². The minimum atomic E-state index is -0.945. The molecule has 2 aromatic rings. The lowest BCUT2D eigenvalue weighted by Gasteiger charge is -2.32.